The zero-order chi connectivity index (χ0) is 42.9. The van der Waals surface area contributed by atoms with E-state index in [9.17, 15) is 0 Å². The lowest BCUT2D eigenvalue weighted by molar-refractivity contribution is 0.669. The summed E-state index contributed by atoms with van der Waals surface area (Å²) >= 11 is 0. The van der Waals surface area contributed by atoms with Gasteiger partial charge < -0.3 is 8.98 Å². The summed E-state index contributed by atoms with van der Waals surface area (Å²) in [6.07, 6.45) is 0. The molecule has 2 aromatic heterocycles. The van der Waals surface area contributed by atoms with E-state index >= 15 is 0 Å². The molecule has 0 saturated heterocycles. The number of para-hydroxylation sites is 2. The normalized spacial score (nSPS) is 12.0. The standard InChI is InChI=1S/C62H41NOSi/c1-5-19-42(20-6-1)50-37-38-60(65(46-24-9-3-10-25-46,47-26-11-4-12-27-47)48-36-35-44-34-33-43-21-13-14-28-49(43)53(44)39-48)61(45-22-7-2-8-23-45)62(50)63-56-31-17-15-29-51(56)54-40-55-52-30-16-18-32-58(52)64-59(55)41-57(54)63/h1-41H. The second-order valence-electron chi connectivity index (χ2n) is 17.1. The van der Waals surface area contributed by atoms with E-state index in [2.05, 4.69) is 253 Å². The summed E-state index contributed by atoms with van der Waals surface area (Å²) in [5.74, 6) is 0. The number of nitrogens with zero attached hydrogens (tertiary/aromatic N) is 1. The van der Waals surface area contributed by atoms with Gasteiger partial charge in [0, 0.05) is 38.7 Å². The Bertz CT molecular complexity index is 3890. The van der Waals surface area contributed by atoms with Gasteiger partial charge in [0.2, 0.25) is 0 Å². The number of rotatable bonds is 7. The third kappa shape index (κ3) is 5.73. The quantitative estimate of drug-likeness (QED) is 0.0888. The molecule has 0 amide bonds. The molecule has 0 atom stereocenters. The maximum Gasteiger partial charge on any atom is 0.180 e. The molecule has 11 aromatic carbocycles. The first-order chi connectivity index (χ1) is 32.3. The first kappa shape index (κ1) is 37.3. The second-order valence-corrected chi connectivity index (χ2v) is 20.9. The molecular weight excluding hydrogens is 803 g/mol. The van der Waals surface area contributed by atoms with Crippen molar-refractivity contribution in [3.05, 3.63) is 249 Å². The van der Waals surface area contributed by atoms with Crippen molar-refractivity contribution in [2.24, 2.45) is 0 Å². The molecule has 2 nitrogen and oxygen atoms in total. The number of hydrogen-bond acceptors (Lipinski definition) is 1. The van der Waals surface area contributed by atoms with Gasteiger partial charge in [-0.1, -0.05) is 224 Å². The van der Waals surface area contributed by atoms with Crippen LogP contribution in [0.2, 0.25) is 0 Å². The first-order valence-electron chi connectivity index (χ1n) is 22.4. The van der Waals surface area contributed by atoms with Crippen LogP contribution in [0.3, 0.4) is 0 Å². The zero-order valence-corrected chi connectivity index (χ0v) is 36.5. The third-order valence-corrected chi connectivity index (χ3v) is 18.5. The fourth-order valence-electron chi connectivity index (χ4n) is 10.9. The monoisotopic (exact) mass is 843 g/mol. The van der Waals surface area contributed by atoms with Gasteiger partial charge in [0.15, 0.2) is 8.07 Å². The summed E-state index contributed by atoms with van der Waals surface area (Å²) in [5.41, 5.74) is 9.88. The number of fused-ring (bicyclic) bond motifs is 9. The minimum atomic E-state index is -3.23. The van der Waals surface area contributed by atoms with Crippen molar-refractivity contribution in [3.8, 4) is 27.9 Å². The average Bonchev–Trinajstić information content (AvgIpc) is 3.91. The van der Waals surface area contributed by atoms with Gasteiger partial charge in [-0.15, -0.1) is 0 Å². The predicted octanol–water partition coefficient (Wildman–Crippen LogP) is 13.7. The predicted molar refractivity (Wildman–Crippen MR) is 278 cm³/mol. The zero-order valence-electron chi connectivity index (χ0n) is 35.5. The van der Waals surface area contributed by atoms with Crippen LogP contribution in [0.15, 0.2) is 253 Å². The molecule has 13 aromatic rings. The van der Waals surface area contributed by atoms with Gasteiger partial charge in [-0.2, -0.15) is 0 Å². The van der Waals surface area contributed by atoms with Gasteiger partial charge in [-0.05, 0) is 71.6 Å². The van der Waals surface area contributed by atoms with Crippen molar-refractivity contribution >= 4 is 94.1 Å². The Morgan fingerprint density at radius 2 is 0.892 bits per heavy atom. The second kappa shape index (κ2) is 14.9. The minimum absolute atomic E-state index is 0.877. The highest BCUT2D eigenvalue weighted by Crippen LogP contribution is 2.44. The molecule has 0 fully saturated rings. The van der Waals surface area contributed by atoms with E-state index in [-0.39, 0.29) is 0 Å². The highest BCUT2D eigenvalue weighted by molar-refractivity contribution is 7.20. The Hall–Kier alpha value is -8.24. The minimum Gasteiger partial charge on any atom is -0.456 e. The molecule has 65 heavy (non-hydrogen) atoms. The molecule has 0 N–H and O–H groups in total. The van der Waals surface area contributed by atoms with Gasteiger partial charge in [0.1, 0.15) is 11.2 Å². The molecule has 0 bridgehead atoms. The molecule has 0 unspecified atom stereocenters. The Morgan fingerprint density at radius 1 is 0.323 bits per heavy atom. The van der Waals surface area contributed by atoms with Crippen LogP contribution in [0.4, 0.5) is 0 Å². The maximum atomic E-state index is 6.69. The summed E-state index contributed by atoms with van der Waals surface area (Å²) < 4.78 is 9.24. The van der Waals surface area contributed by atoms with E-state index in [0.717, 1.165) is 49.8 Å². The molecule has 304 valence electrons. The number of hydrogen-bond donors (Lipinski definition) is 0. The highest BCUT2D eigenvalue weighted by Gasteiger charge is 2.44. The topological polar surface area (TPSA) is 18.1 Å². The van der Waals surface area contributed by atoms with Gasteiger partial charge in [-0.3, -0.25) is 0 Å². The molecule has 3 heteroatoms. The summed E-state index contributed by atoms with van der Waals surface area (Å²) in [4.78, 5) is 0. The first-order valence-corrected chi connectivity index (χ1v) is 24.4. The van der Waals surface area contributed by atoms with Crippen molar-refractivity contribution < 1.29 is 4.42 Å². The van der Waals surface area contributed by atoms with Gasteiger partial charge in [0.25, 0.3) is 0 Å². The lowest BCUT2D eigenvalue weighted by Gasteiger charge is -2.37. The summed E-state index contributed by atoms with van der Waals surface area (Å²) in [6.45, 7) is 0. The Balaban J connectivity index is 1.26. The number of aromatic nitrogens is 1. The lowest BCUT2D eigenvalue weighted by Crippen LogP contribution is -2.75. The molecule has 0 spiro atoms. The lowest BCUT2D eigenvalue weighted by atomic mass is 9.95. The van der Waals surface area contributed by atoms with Gasteiger partial charge in [0.05, 0.1) is 16.7 Å². The van der Waals surface area contributed by atoms with Crippen LogP contribution < -0.4 is 20.7 Å². The molecular formula is C62H41NOSi. The molecule has 13 rings (SSSR count). The van der Waals surface area contributed by atoms with Crippen molar-refractivity contribution in [2.75, 3.05) is 0 Å². The third-order valence-electron chi connectivity index (χ3n) is 13.7. The molecule has 0 aliphatic heterocycles. The van der Waals surface area contributed by atoms with E-state index in [4.69, 9.17) is 4.42 Å². The fraction of sp³-hybridized carbons (Fsp3) is 0. The highest BCUT2D eigenvalue weighted by atomic mass is 28.3. The fourth-order valence-corrected chi connectivity index (χ4v) is 15.9. The van der Waals surface area contributed by atoms with E-state index in [1.165, 1.54) is 64.2 Å². The Kier molecular flexibility index (Phi) is 8.58. The van der Waals surface area contributed by atoms with Crippen molar-refractivity contribution in [1.29, 1.82) is 0 Å². The van der Waals surface area contributed by atoms with Gasteiger partial charge in [-0.25, -0.2) is 0 Å². The van der Waals surface area contributed by atoms with Gasteiger partial charge >= 0.3 is 0 Å². The van der Waals surface area contributed by atoms with Crippen molar-refractivity contribution in [3.63, 3.8) is 0 Å². The SMILES string of the molecule is c1ccc(-c2ccc([Si](c3ccccc3)(c3ccccc3)c3ccc4ccc5ccccc5c4c3)c(-c3ccccc3)c2-n2c3ccccc3c3cc4c(cc32)oc2ccccc24)cc1. The average molecular weight is 844 g/mol. The number of furan rings is 1. The molecule has 0 aliphatic rings. The molecule has 0 saturated carbocycles. The van der Waals surface area contributed by atoms with Crippen LogP contribution in [0.5, 0.6) is 0 Å². The Morgan fingerprint density at radius 3 is 1.62 bits per heavy atom. The van der Waals surface area contributed by atoms with Crippen LogP contribution in [-0.4, -0.2) is 12.6 Å². The largest absolute Gasteiger partial charge is 0.456 e. The van der Waals surface area contributed by atoms with Crippen LogP contribution >= 0.6 is 0 Å². The van der Waals surface area contributed by atoms with E-state index in [1.807, 2.05) is 0 Å². The maximum absolute atomic E-state index is 6.69. The van der Waals surface area contributed by atoms with Crippen LogP contribution in [0.1, 0.15) is 0 Å². The summed E-state index contributed by atoms with van der Waals surface area (Å²) in [7, 11) is -3.23. The number of benzene rings is 11. The molecule has 0 aliphatic carbocycles. The van der Waals surface area contributed by atoms with Crippen LogP contribution in [-0.2, 0) is 0 Å². The van der Waals surface area contributed by atoms with Crippen molar-refractivity contribution in [1.82, 2.24) is 4.57 Å². The Labute approximate surface area is 377 Å². The smallest absolute Gasteiger partial charge is 0.180 e. The van der Waals surface area contributed by atoms with E-state index in [1.54, 1.807) is 0 Å². The van der Waals surface area contributed by atoms with Crippen molar-refractivity contribution in [2.45, 2.75) is 0 Å². The van der Waals surface area contributed by atoms with E-state index < -0.39 is 8.07 Å². The summed E-state index contributed by atoms with van der Waals surface area (Å²) in [6, 6.07) is 92.3. The molecule has 2 heterocycles. The van der Waals surface area contributed by atoms with Crippen LogP contribution in [0.25, 0.3) is 93.2 Å². The van der Waals surface area contributed by atoms with E-state index in [0.29, 0.717) is 0 Å². The van der Waals surface area contributed by atoms with Crippen LogP contribution in [0, 0.1) is 0 Å². The summed E-state index contributed by atoms with van der Waals surface area (Å²) in [5, 5.41) is 15.0. The molecule has 0 radical (unpaired) electrons.